The van der Waals surface area contributed by atoms with Gasteiger partial charge in [0.2, 0.25) is 0 Å². The van der Waals surface area contributed by atoms with Gasteiger partial charge in [0.1, 0.15) is 16.7 Å². The molecule has 1 aromatic carbocycles. The SMILES string of the molecule is CCOc1ccc(C(=O)Nc2c(N)nc(S[C@H](CC)C(=O)O)[nH]c2=O)cc1. The minimum Gasteiger partial charge on any atom is -0.494 e. The maximum absolute atomic E-state index is 12.3. The van der Waals surface area contributed by atoms with Gasteiger partial charge in [0.05, 0.1) is 6.61 Å². The molecule has 10 heteroatoms. The Kier molecular flexibility index (Phi) is 6.83. The number of anilines is 2. The van der Waals surface area contributed by atoms with E-state index in [1.807, 2.05) is 6.92 Å². The number of carbonyl (C=O) groups is 2. The zero-order valence-electron chi connectivity index (χ0n) is 14.8. The highest BCUT2D eigenvalue weighted by atomic mass is 32.2. The smallest absolute Gasteiger partial charge is 0.317 e. The summed E-state index contributed by atoms with van der Waals surface area (Å²) in [7, 11) is 0. The lowest BCUT2D eigenvalue weighted by Gasteiger charge is -2.11. The molecule has 9 nitrogen and oxygen atoms in total. The number of carboxylic acids is 1. The van der Waals surface area contributed by atoms with Crippen molar-refractivity contribution in [2.24, 2.45) is 0 Å². The summed E-state index contributed by atoms with van der Waals surface area (Å²) in [6.07, 6.45) is 0.347. The van der Waals surface area contributed by atoms with Crippen molar-refractivity contribution in [1.29, 1.82) is 0 Å². The minimum absolute atomic E-state index is 0.0748. The first-order valence-corrected chi connectivity index (χ1v) is 9.07. The van der Waals surface area contributed by atoms with Crippen molar-refractivity contribution in [2.45, 2.75) is 30.7 Å². The predicted molar refractivity (Wildman–Crippen MR) is 102 cm³/mol. The number of hydrogen-bond acceptors (Lipinski definition) is 7. The van der Waals surface area contributed by atoms with Gasteiger partial charge in [-0.05, 0) is 37.6 Å². The summed E-state index contributed by atoms with van der Waals surface area (Å²) >= 11 is 0.883. The molecule has 0 aliphatic rings. The Morgan fingerprint density at radius 2 is 2.00 bits per heavy atom. The van der Waals surface area contributed by atoms with Gasteiger partial charge in [-0.15, -0.1) is 0 Å². The molecule has 0 aliphatic carbocycles. The van der Waals surface area contributed by atoms with Gasteiger partial charge in [-0.3, -0.25) is 19.4 Å². The van der Waals surface area contributed by atoms with Gasteiger partial charge in [-0.2, -0.15) is 0 Å². The second-order valence-corrected chi connectivity index (χ2v) is 6.59. The molecule has 0 spiro atoms. The number of benzene rings is 1. The summed E-state index contributed by atoms with van der Waals surface area (Å²) in [4.78, 5) is 42.1. The zero-order chi connectivity index (χ0) is 20.0. The highest BCUT2D eigenvalue weighted by molar-refractivity contribution is 8.00. The number of ether oxygens (including phenoxy) is 1. The number of thioether (sulfide) groups is 1. The van der Waals surface area contributed by atoms with Gasteiger partial charge >= 0.3 is 5.97 Å². The van der Waals surface area contributed by atoms with E-state index in [0.717, 1.165) is 11.8 Å². The van der Waals surface area contributed by atoms with Crippen molar-refractivity contribution in [2.75, 3.05) is 17.7 Å². The minimum atomic E-state index is -1.02. The van der Waals surface area contributed by atoms with Gasteiger partial charge in [0.25, 0.3) is 11.5 Å². The summed E-state index contributed by atoms with van der Waals surface area (Å²) in [6.45, 7) is 4.07. The molecule has 0 saturated heterocycles. The maximum Gasteiger partial charge on any atom is 0.317 e. The van der Waals surface area contributed by atoms with E-state index >= 15 is 0 Å². The molecular weight excluding hydrogens is 372 g/mol. The highest BCUT2D eigenvalue weighted by Gasteiger charge is 2.20. The average molecular weight is 392 g/mol. The van der Waals surface area contributed by atoms with Crippen LogP contribution in [0.4, 0.5) is 11.5 Å². The quantitative estimate of drug-likeness (QED) is 0.394. The lowest BCUT2D eigenvalue weighted by Crippen LogP contribution is -2.24. The number of aromatic nitrogens is 2. The van der Waals surface area contributed by atoms with E-state index in [1.165, 1.54) is 0 Å². The molecule has 27 heavy (non-hydrogen) atoms. The Hall–Kier alpha value is -3.01. The summed E-state index contributed by atoms with van der Waals surface area (Å²) in [5.74, 6) is -1.12. The van der Waals surface area contributed by atoms with Crippen LogP contribution in [0.25, 0.3) is 0 Å². The van der Waals surface area contributed by atoms with Crippen LogP contribution in [0.1, 0.15) is 30.6 Å². The third-order valence-electron chi connectivity index (χ3n) is 3.49. The number of carboxylic acid groups (broad SMARTS) is 1. The van der Waals surface area contributed by atoms with E-state index in [0.29, 0.717) is 24.3 Å². The van der Waals surface area contributed by atoms with Crippen LogP contribution in [0.2, 0.25) is 0 Å². The molecule has 2 rings (SSSR count). The van der Waals surface area contributed by atoms with Gasteiger partial charge in [-0.25, -0.2) is 4.98 Å². The molecule has 2 aromatic rings. The van der Waals surface area contributed by atoms with Crippen molar-refractivity contribution < 1.29 is 19.4 Å². The fourth-order valence-corrected chi connectivity index (χ4v) is 2.98. The lowest BCUT2D eigenvalue weighted by atomic mass is 10.2. The van der Waals surface area contributed by atoms with Crippen LogP contribution in [0, 0.1) is 0 Å². The number of nitrogens with two attached hydrogens (primary N) is 1. The number of carbonyl (C=O) groups excluding carboxylic acids is 1. The number of amides is 1. The van der Waals surface area contributed by atoms with Crippen molar-refractivity contribution >= 4 is 35.1 Å². The van der Waals surface area contributed by atoms with Crippen molar-refractivity contribution in [1.82, 2.24) is 9.97 Å². The predicted octanol–water partition coefficient (Wildman–Crippen LogP) is 1.96. The Morgan fingerprint density at radius 3 is 2.52 bits per heavy atom. The van der Waals surface area contributed by atoms with Crippen LogP contribution in [0.3, 0.4) is 0 Å². The number of rotatable bonds is 8. The summed E-state index contributed by atoms with van der Waals surface area (Å²) in [5, 5.41) is 10.8. The lowest BCUT2D eigenvalue weighted by molar-refractivity contribution is -0.136. The number of aliphatic carboxylic acids is 1. The van der Waals surface area contributed by atoms with Crippen LogP contribution >= 0.6 is 11.8 Å². The van der Waals surface area contributed by atoms with Crippen molar-refractivity contribution in [3.05, 3.63) is 40.2 Å². The topological polar surface area (TPSA) is 147 Å². The van der Waals surface area contributed by atoms with E-state index in [4.69, 9.17) is 15.6 Å². The van der Waals surface area contributed by atoms with Crippen LogP contribution in [-0.4, -0.2) is 38.8 Å². The summed E-state index contributed by atoms with van der Waals surface area (Å²) in [5.41, 5.74) is 5.24. The van der Waals surface area contributed by atoms with E-state index < -0.39 is 22.7 Å². The Morgan fingerprint density at radius 1 is 1.33 bits per heavy atom. The second kappa shape index (κ2) is 9.08. The van der Waals surface area contributed by atoms with E-state index in [2.05, 4.69) is 15.3 Å². The van der Waals surface area contributed by atoms with Crippen molar-refractivity contribution in [3.8, 4) is 5.75 Å². The number of hydrogen-bond donors (Lipinski definition) is 4. The van der Waals surface area contributed by atoms with E-state index in [1.54, 1.807) is 31.2 Å². The van der Waals surface area contributed by atoms with Crippen molar-refractivity contribution in [3.63, 3.8) is 0 Å². The molecule has 1 amide bonds. The highest BCUT2D eigenvalue weighted by Crippen LogP contribution is 2.23. The number of H-pyrrole nitrogens is 1. The van der Waals surface area contributed by atoms with Gasteiger partial charge in [0.15, 0.2) is 11.0 Å². The second-order valence-electron chi connectivity index (χ2n) is 5.40. The number of nitrogen functional groups attached to an aromatic ring is 1. The number of aromatic amines is 1. The molecule has 0 unspecified atom stereocenters. The molecule has 1 atom stereocenters. The van der Waals surface area contributed by atoms with Gasteiger partial charge < -0.3 is 20.9 Å². The zero-order valence-corrected chi connectivity index (χ0v) is 15.6. The van der Waals surface area contributed by atoms with E-state index in [9.17, 15) is 14.4 Å². The molecule has 0 saturated carbocycles. The summed E-state index contributed by atoms with van der Waals surface area (Å²) in [6, 6.07) is 6.39. The monoisotopic (exact) mass is 392 g/mol. The summed E-state index contributed by atoms with van der Waals surface area (Å²) < 4.78 is 5.31. The molecular formula is C17H20N4O5S. The van der Waals surface area contributed by atoms with Crippen LogP contribution < -0.4 is 21.3 Å². The first-order valence-electron chi connectivity index (χ1n) is 8.19. The van der Waals surface area contributed by atoms with Crippen LogP contribution in [0.15, 0.2) is 34.2 Å². The molecule has 144 valence electrons. The molecule has 0 aliphatic heterocycles. The van der Waals surface area contributed by atoms with E-state index in [-0.39, 0.29) is 16.7 Å². The maximum atomic E-state index is 12.3. The first-order chi connectivity index (χ1) is 12.8. The third-order valence-corrected chi connectivity index (χ3v) is 4.73. The number of nitrogens with one attached hydrogen (secondary N) is 2. The Balaban J connectivity index is 2.17. The standard InChI is InChI=1S/C17H20N4O5S/c1-3-11(16(24)25)27-17-20-13(18)12(15(23)21-17)19-14(22)9-5-7-10(8-6-9)26-4-2/h5-8,11H,3-4H2,1-2H3,(H,19,22)(H,24,25)(H3,18,20,21,23)/t11-/m1/s1. The third kappa shape index (κ3) is 5.23. The Labute approximate surface area is 159 Å². The van der Waals surface area contributed by atoms with Crippen LogP contribution in [0.5, 0.6) is 5.75 Å². The molecule has 1 aromatic heterocycles. The molecule has 5 N–H and O–H groups in total. The van der Waals surface area contributed by atoms with Gasteiger partial charge in [-0.1, -0.05) is 18.7 Å². The normalized spacial score (nSPS) is 11.6. The fourth-order valence-electron chi connectivity index (χ4n) is 2.14. The first kappa shape index (κ1) is 20.3. The van der Waals surface area contributed by atoms with Crippen LogP contribution in [-0.2, 0) is 4.79 Å². The fraction of sp³-hybridized carbons (Fsp3) is 0.294. The van der Waals surface area contributed by atoms with Gasteiger partial charge in [0, 0.05) is 5.56 Å². The number of nitrogens with zero attached hydrogens (tertiary/aromatic N) is 1. The molecule has 0 radical (unpaired) electrons. The average Bonchev–Trinajstić information content (AvgIpc) is 2.63. The Bertz CT molecular complexity index is 882. The molecule has 1 heterocycles. The largest absolute Gasteiger partial charge is 0.494 e. The molecule has 0 fully saturated rings. The molecule has 0 bridgehead atoms.